The van der Waals surface area contributed by atoms with Crippen LogP contribution in [0.3, 0.4) is 0 Å². The Kier molecular flexibility index (Phi) is 3.10. The average Bonchev–Trinajstić information content (AvgIpc) is 2.16. The lowest BCUT2D eigenvalue weighted by atomic mass is 10.3. The number of non-ortho nitro benzene ring substituents is 1. The molecular formula is C7H8N2O3S. The third kappa shape index (κ3) is 2.10. The second kappa shape index (κ2) is 4.11. The highest BCUT2D eigenvalue weighted by molar-refractivity contribution is 7.97. The first-order valence-electron chi connectivity index (χ1n) is 3.38. The number of nitro benzene ring substituents is 1. The van der Waals surface area contributed by atoms with E-state index in [1.54, 1.807) is 6.07 Å². The van der Waals surface area contributed by atoms with E-state index in [1.807, 2.05) is 0 Å². The van der Waals surface area contributed by atoms with E-state index in [0.717, 1.165) is 11.9 Å². The fraction of sp³-hybridized carbons (Fsp3) is 0.143. The molecule has 1 aromatic carbocycles. The molecule has 5 nitrogen and oxygen atoms in total. The van der Waals surface area contributed by atoms with Crippen LogP contribution >= 0.6 is 11.9 Å². The number of hydrogen-bond acceptors (Lipinski definition) is 5. The van der Waals surface area contributed by atoms with Gasteiger partial charge < -0.3 is 4.74 Å². The highest BCUT2D eigenvalue weighted by atomic mass is 32.2. The van der Waals surface area contributed by atoms with Crippen LogP contribution in [0.5, 0.6) is 5.75 Å². The van der Waals surface area contributed by atoms with Gasteiger partial charge in [0, 0.05) is 6.07 Å². The molecule has 0 saturated heterocycles. The zero-order valence-electron chi connectivity index (χ0n) is 6.89. The minimum absolute atomic E-state index is 0.00495. The van der Waals surface area contributed by atoms with Gasteiger partial charge in [-0.3, -0.25) is 15.3 Å². The maximum Gasteiger partial charge on any atom is 0.273 e. The number of nitrogens with two attached hydrogens (primary N) is 1. The van der Waals surface area contributed by atoms with Gasteiger partial charge in [0.1, 0.15) is 5.75 Å². The highest BCUT2D eigenvalue weighted by Gasteiger charge is 2.10. The number of ether oxygens (including phenoxy) is 1. The van der Waals surface area contributed by atoms with Crippen molar-refractivity contribution in [3.63, 3.8) is 0 Å². The summed E-state index contributed by atoms with van der Waals surface area (Å²) in [4.78, 5) is 10.6. The van der Waals surface area contributed by atoms with E-state index in [9.17, 15) is 10.1 Å². The lowest BCUT2D eigenvalue weighted by molar-refractivity contribution is -0.385. The zero-order chi connectivity index (χ0) is 9.84. The monoisotopic (exact) mass is 200 g/mol. The Balaban J connectivity index is 3.13. The Morgan fingerprint density at radius 1 is 1.62 bits per heavy atom. The molecule has 0 aliphatic carbocycles. The van der Waals surface area contributed by atoms with Crippen molar-refractivity contribution in [2.45, 2.75) is 4.90 Å². The van der Waals surface area contributed by atoms with Crippen molar-refractivity contribution in [2.24, 2.45) is 5.14 Å². The van der Waals surface area contributed by atoms with Crippen molar-refractivity contribution in [1.29, 1.82) is 0 Å². The summed E-state index contributed by atoms with van der Waals surface area (Å²) in [7, 11) is 1.44. The normalized spacial score (nSPS) is 9.69. The topological polar surface area (TPSA) is 78.4 Å². The first-order chi connectivity index (χ1) is 6.19. The third-order valence-electron chi connectivity index (χ3n) is 1.48. The fourth-order valence-corrected chi connectivity index (χ4v) is 1.27. The molecule has 0 aromatic heterocycles. The van der Waals surface area contributed by atoms with Gasteiger partial charge in [-0.05, 0) is 18.0 Å². The van der Waals surface area contributed by atoms with E-state index in [2.05, 4.69) is 0 Å². The summed E-state index contributed by atoms with van der Waals surface area (Å²) < 4.78 is 4.92. The summed E-state index contributed by atoms with van der Waals surface area (Å²) >= 11 is 0.993. The van der Waals surface area contributed by atoms with E-state index in [-0.39, 0.29) is 5.69 Å². The van der Waals surface area contributed by atoms with Gasteiger partial charge in [0.25, 0.3) is 5.69 Å². The van der Waals surface area contributed by atoms with E-state index in [4.69, 9.17) is 9.88 Å². The van der Waals surface area contributed by atoms with Crippen molar-refractivity contribution in [3.05, 3.63) is 28.3 Å². The summed E-state index contributed by atoms with van der Waals surface area (Å²) in [5.74, 6) is 0.418. The highest BCUT2D eigenvalue weighted by Crippen LogP contribution is 2.29. The van der Waals surface area contributed by atoms with Gasteiger partial charge in [-0.2, -0.15) is 0 Å². The summed E-state index contributed by atoms with van der Waals surface area (Å²) in [6.45, 7) is 0. The molecule has 0 aliphatic rings. The fourth-order valence-electron chi connectivity index (χ4n) is 0.867. The van der Waals surface area contributed by atoms with Gasteiger partial charge in [0.05, 0.1) is 23.0 Å². The SMILES string of the molecule is COc1cc([N+](=O)[O-])ccc1SN. The number of nitrogens with zero attached hydrogens (tertiary/aromatic N) is 1. The largest absolute Gasteiger partial charge is 0.495 e. The molecule has 0 saturated carbocycles. The van der Waals surface area contributed by atoms with Crippen LogP contribution in [0.4, 0.5) is 5.69 Å². The Hall–Kier alpha value is -1.27. The molecule has 13 heavy (non-hydrogen) atoms. The maximum absolute atomic E-state index is 10.4. The molecule has 0 unspecified atom stereocenters. The molecular weight excluding hydrogens is 192 g/mol. The van der Waals surface area contributed by atoms with Crippen LogP contribution in [0, 0.1) is 10.1 Å². The Labute approximate surface area is 79.2 Å². The Bertz CT molecular complexity index is 330. The van der Waals surface area contributed by atoms with Crippen molar-refractivity contribution in [1.82, 2.24) is 0 Å². The van der Waals surface area contributed by atoms with E-state index in [1.165, 1.54) is 19.2 Å². The number of benzene rings is 1. The lowest BCUT2D eigenvalue weighted by Gasteiger charge is -2.04. The van der Waals surface area contributed by atoms with Crippen LogP contribution in [0.25, 0.3) is 0 Å². The van der Waals surface area contributed by atoms with Crippen LogP contribution in [0.2, 0.25) is 0 Å². The predicted molar refractivity (Wildman–Crippen MR) is 49.7 cm³/mol. The van der Waals surface area contributed by atoms with Gasteiger partial charge in [-0.1, -0.05) is 0 Å². The molecule has 0 radical (unpaired) electrons. The van der Waals surface area contributed by atoms with Crippen LogP contribution in [-0.4, -0.2) is 12.0 Å². The second-order valence-electron chi connectivity index (χ2n) is 2.21. The van der Waals surface area contributed by atoms with Gasteiger partial charge >= 0.3 is 0 Å². The van der Waals surface area contributed by atoms with Crippen molar-refractivity contribution < 1.29 is 9.66 Å². The molecule has 0 fully saturated rings. The standard InChI is InChI=1S/C7H8N2O3S/c1-12-6-4-5(9(10)11)2-3-7(6)13-8/h2-4H,8H2,1H3. The minimum atomic E-state index is -0.479. The van der Waals surface area contributed by atoms with Crippen LogP contribution in [0.1, 0.15) is 0 Å². The van der Waals surface area contributed by atoms with Gasteiger partial charge in [0.2, 0.25) is 0 Å². The Morgan fingerprint density at radius 3 is 2.77 bits per heavy atom. The maximum atomic E-state index is 10.4. The lowest BCUT2D eigenvalue weighted by Crippen LogP contribution is -1.92. The summed E-state index contributed by atoms with van der Waals surface area (Å²) in [5.41, 5.74) is -0.00495. The molecule has 0 amide bonds. The number of nitro groups is 1. The van der Waals surface area contributed by atoms with Crippen LogP contribution < -0.4 is 9.88 Å². The number of rotatable bonds is 3. The molecule has 1 aromatic rings. The molecule has 0 atom stereocenters. The summed E-state index contributed by atoms with van der Waals surface area (Å²) in [6, 6.07) is 4.29. The molecule has 0 heterocycles. The molecule has 0 aliphatic heterocycles. The van der Waals surface area contributed by atoms with Crippen LogP contribution in [-0.2, 0) is 0 Å². The third-order valence-corrected chi connectivity index (χ3v) is 2.08. The minimum Gasteiger partial charge on any atom is -0.495 e. The summed E-state index contributed by atoms with van der Waals surface area (Å²) in [6.07, 6.45) is 0. The van der Waals surface area contributed by atoms with E-state index < -0.39 is 4.92 Å². The predicted octanol–water partition coefficient (Wildman–Crippen LogP) is 1.57. The number of hydrogen-bond donors (Lipinski definition) is 1. The zero-order valence-corrected chi connectivity index (χ0v) is 7.71. The van der Waals surface area contributed by atoms with Gasteiger partial charge in [-0.15, -0.1) is 0 Å². The van der Waals surface area contributed by atoms with Crippen molar-refractivity contribution in [2.75, 3.05) is 7.11 Å². The van der Waals surface area contributed by atoms with E-state index in [0.29, 0.717) is 10.6 Å². The molecule has 2 N–H and O–H groups in total. The van der Waals surface area contributed by atoms with E-state index >= 15 is 0 Å². The summed E-state index contributed by atoms with van der Waals surface area (Å²) in [5, 5.41) is 15.7. The molecule has 0 spiro atoms. The van der Waals surface area contributed by atoms with Crippen LogP contribution in [0.15, 0.2) is 23.1 Å². The number of methoxy groups -OCH3 is 1. The molecule has 70 valence electrons. The van der Waals surface area contributed by atoms with Crippen molar-refractivity contribution >= 4 is 17.6 Å². The quantitative estimate of drug-likeness (QED) is 0.455. The molecule has 6 heteroatoms. The molecule has 1 rings (SSSR count). The van der Waals surface area contributed by atoms with Gasteiger partial charge in [-0.25, -0.2) is 0 Å². The van der Waals surface area contributed by atoms with Crippen molar-refractivity contribution in [3.8, 4) is 5.75 Å². The molecule has 0 bridgehead atoms. The second-order valence-corrected chi connectivity index (χ2v) is 2.89. The Morgan fingerprint density at radius 2 is 2.31 bits per heavy atom. The van der Waals surface area contributed by atoms with Gasteiger partial charge in [0.15, 0.2) is 0 Å². The average molecular weight is 200 g/mol. The smallest absolute Gasteiger partial charge is 0.273 e. The first kappa shape index (κ1) is 9.82. The first-order valence-corrected chi connectivity index (χ1v) is 4.26.